The highest BCUT2D eigenvalue weighted by atomic mass is 32.2. The fourth-order valence-corrected chi connectivity index (χ4v) is 4.92. The van der Waals surface area contributed by atoms with Gasteiger partial charge in [-0.05, 0) is 37.3 Å². The van der Waals surface area contributed by atoms with Crippen molar-refractivity contribution in [3.05, 3.63) is 71.8 Å². The number of benzene rings is 2. The van der Waals surface area contributed by atoms with Gasteiger partial charge in [-0.2, -0.15) is 0 Å². The molecule has 0 saturated carbocycles. The molecule has 34 heavy (non-hydrogen) atoms. The van der Waals surface area contributed by atoms with Crippen LogP contribution in [0.2, 0.25) is 0 Å². The number of allylic oxidation sites excluding steroid dienone is 1. The molecule has 12 heteroatoms. The lowest BCUT2D eigenvalue weighted by molar-refractivity contribution is -0.137. The van der Waals surface area contributed by atoms with E-state index in [-0.39, 0.29) is 17.0 Å². The summed E-state index contributed by atoms with van der Waals surface area (Å²) in [7, 11) is -2.29. The summed E-state index contributed by atoms with van der Waals surface area (Å²) in [5.41, 5.74) is 1.60. The molecule has 2 N–H and O–H groups in total. The van der Waals surface area contributed by atoms with Crippen molar-refractivity contribution in [1.82, 2.24) is 14.7 Å². The van der Waals surface area contributed by atoms with Crippen molar-refractivity contribution < 1.29 is 22.4 Å². The number of rotatable bonds is 4. The van der Waals surface area contributed by atoms with Gasteiger partial charge in [0.2, 0.25) is 16.0 Å². The molecule has 1 saturated heterocycles. The summed E-state index contributed by atoms with van der Waals surface area (Å²) in [5, 5.41) is 5.19. The van der Waals surface area contributed by atoms with E-state index >= 15 is 0 Å². The maximum absolute atomic E-state index is 14.2. The van der Waals surface area contributed by atoms with Crippen LogP contribution in [-0.4, -0.2) is 60.3 Å². The standard InChI is InChI=1S/C22H21FN6O4S/c1-13-11-27-18-19(25-21(27)29(13)15-7-9-16(10-8-15)34(24,32)33)26(2)22(31)28(20(18)30)12-14-5-3-4-6-17(14)23/h3-11,18-19H,12H2,1-2H3,(H2,24,32,33). The molecule has 0 aliphatic carbocycles. The number of anilines is 1. The normalized spacial score (nSPS) is 22.1. The number of amides is 3. The minimum absolute atomic E-state index is 0.0275. The minimum Gasteiger partial charge on any atom is -0.302 e. The molecular formula is C22H21FN6O4S. The topological polar surface area (TPSA) is 120 Å². The Hall–Kier alpha value is -3.77. The van der Waals surface area contributed by atoms with E-state index in [0.717, 1.165) is 10.6 Å². The number of urea groups is 1. The fourth-order valence-electron chi connectivity index (χ4n) is 4.40. The number of imide groups is 1. The van der Waals surface area contributed by atoms with Gasteiger partial charge >= 0.3 is 6.03 Å². The Kier molecular flexibility index (Phi) is 4.95. The predicted molar refractivity (Wildman–Crippen MR) is 121 cm³/mol. The van der Waals surface area contributed by atoms with Crippen molar-refractivity contribution >= 4 is 33.6 Å². The molecule has 2 unspecified atom stereocenters. The number of halogens is 1. The summed E-state index contributed by atoms with van der Waals surface area (Å²) in [4.78, 5) is 36.9. The molecule has 0 radical (unpaired) electrons. The molecule has 0 aromatic heterocycles. The van der Waals surface area contributed by atoms with Gasteiger partial charge < -0.3 is 9.80 Å². The smallest absolute Gasteiger partial charge is 0.302 e. The zero-order valence-corrected chi connectivity index (χ0v) is 19.1. The van der Waals surface area contributed by atoms with E-state index in [1.54, 1.807) is 47.3 Å². The Balaban J connectivity index is 1.47. The molecule has 0 spiro atoms. The Labute approximate surface area is 195 Å². The number of nitrogens with two attached hydrogens (primary N) is 1. The molecule has 3 aliphatic rings. The number of likely N-dealkylation sites (N-methyl/N-ethyl adjacent to an activating group) is 1. The van der Waals surface area contributed by atoms with Gasteiger partial charge in [0.15, 0.2) is 12.2 Å². The van der Waals surface area contributed by atoms with Crippen molar-refractivity contribution in [3.8, 4) is 0 Å². The number of hydrogen-bond donors (Lipinski definition) is 1. The van der Waals surface area contributed by atoms with Crippen LogP contribution in [0, 0.1) is 5.82 Å². The number of aliphatic imine (C=N–C) groups is 1. The highest BCUT2D eigenvalue weighted by molar-refractivity contribution is 7.89. The van der Waals surface area contributed by atoms with Crippen LogP contribution < -0.4 is 10.0 Å². The van der Waals surface area contributed by atoms with Crippen molar-refractivity contribution in [1.29, 1.82) is 0 Å². The van der Waals surface area contributed by atoms with E-state index in [2.05, 4.69) is 4.99 Å². The van der Waals surface area contributed by atoms with Crippen LogP contribution in [0.5, 0.6) is 0 Å². The summed E-state index contributed by atoms with van der Waals surface area (Å²) in [6.07, 6.45) is 0.988. The predicted octanol–water partition coefficient (Wildman–Crippen LogP) is 1.61. The highest BCUT2D eigenvalue weighted by Gasteiger charge is 2.54. The number of hydrogen-bond acceptors (Lipinski definition) is 7. The third-order valence-corrected chi connectivity index (χ3v) is 7.03. The number of carbonyl (C=O) groups excluding carboxylic acids is 2. The van der Waals surface area contributed by atoms with Crippen LogP contribution in [0.1, 0.15) is 12.5 Å². The van der Waals surface area contributed by atoms with Gasteiger partial charge in [0.1, 0.15) is 5.82 Å². The largest absolute Gasteiger partial charge is 0.328 e. The van der Waals surface area contributed by atoms with Gasteiger partial charge in [-0.1, -0.05) is 18.2 Å². The molecule has 3 amide bonds. The molecule has 3 heterocycles. The lowest BCUT2D eigenvalue weighted by Crippen LogP contribution is -2.63. The van der Waals surface area contributed by atoms with Crippen molar-refractivity contribution in [3.63, 3.8) is 0 Å². The first-order valence-electron chi connectivity index (χ1n) is 10.4. The van der Waals surface area contributed by atoms with Crippen LogP contribution in [0.15, 0.2) is 70.3 Å². The Morgan fingerprint density at radius 3 is 2.41 bits per heavy atom. The summed E-state index contributed by atoms with van der Waals surface area (Å²) in [5.74, 6) is -0.551. The summed E-state index contributed by atoms with van der Waals surface area (Å²) in [6, 6.07) is 10.6. The highest BCUT2D eigenvalue weighted by Crippen LogP contribution is 2.37. The van der Waals surface area contributed by atoms with E-state index < -0.39 is 40.0 Å². The van der Waals surface area contributed by atoms with Crippen molar-refractivity contribution in [2.75, 3.05) is 11.9 Å². The molecule has 2 aromatic carbocycles. The molecule has 3 aliphatic heterocycles. The average molecular weight is 485 g/mol. The second-order valence-electron chi connectivity index (χ2n) is 8.25. The van der Waals surface area contributed by atoms with Crippen LogP contribution >= 0.6 is 0 Å². The number of guanidine groups is 1. The molecule has 0 bridgehead atoms. The Bertz CT molecular complexity index is 1370. The first kappa shape index (κ1) is 22.0. The molecule has 176 valence electrons. The number of carbonyl (C=O) groups is 2. The quantitative estimate of drug-likeness (QED) is 0.704. The maximum Gasteiger partial charge on any atom is 0.328 e. The molecule has 10 nitrogen and oxygen atoms in total. The van der Waals surface area contributed by atoms with Crippen molar-refractivity contribution in [2.24, 2.45) is 10.1 Å². The first-order chi connectivity index (χ1) is 16.1. The van der Waals surface area contributed by atoms with E-state index in [9.17, 15) is 22.4 Å². The number of fused-ring (bicyclic) bond motifs is 3. The summed E-state index contributed by atoms with van der Waals surface area (Å²) < 4.78 is 37.4. The van der Waals surface area contributed by atoms with E-state index in [1.807, 2.05) is 6.92 Å². The lowest BCUT2D eigenvalue weighted by atomic mass is 10.1. The van der Waals surface area contributed by atoms with Gasteiger partial charge in [-0.15, -0.1) is 0 Å². The maximum atomic E-state index is 14.2. The Morgan fingerprint density at radius 2 is 1.76 bits per heavy atom. The second-order valence-corrected chi connectivity index (χ2v) is 9.81. The second kappa shape index (κ2) is 7.64. The fraction of sp³-hybridized carbons (Fsp3) is 0.227. The monoisotopic (exact) mass is 484 g/mol. The molecule has 2 aromatic rings. The number of sulfonamides is 1. The van der Waals surface area contributed by atoms with Crippen LogP contribution in [0.3, 0.4) is 0 Å². The van der Waals surface area contributed by atoms with Crippen LogP contribution in [0.25, 0.3) is 0 Å². The summed E-state index contributed by atoms with van der Waals surface area (Å²) in [6.45, 7) is 1.63. The zero-order valence-electron chi connectivity index (χ0n) is 18.3. The Morgan fingerprint density at radius 1 is 1.09 bits per heavy atom. The number of nitrogens with zero attached hydrogens (tertiary/aromatic N) is 5. The van der Waals surface area contributed by atoms with Gasteiger partial charge in [0.25, 0.3) is 5.91 Å². The lowest BCUT2D eigenvalue weighted by Gasteiger charge is -2.40. The van der Waals surface area contributed by atoms with Gasteiger partial charge in [0.05, 0.1) is 11.4 Å². The first-order valence-corrected chi connectivity index (χ1v) is 11.9. The third-order valence-electron chi connectivity index (χ3n) is 6.10. The van der Waals surface area contributed by atoms with Gasteiger partial charge in [-0.25, -0.2) is 27.7 Å². The summed E-state index contributed by atoms with van der Waals surface area (Å²) >= 11 is 0. The van der Waals surface area contributed by atoms with Crippen LogP contribution in [0.4, 0.5) is 14.9 Å². The van der Waals surface area contributed by atoms with Crippen molar-refractivity contribution in [2.45, 2.75) is 30.6 Å². The van der Waals surface area contributed by atoms with Gasteiger partial charge in [-0.3, -0.25) is 14.6 Å². The molecular weight excluding hydrogens is 463 g/mol. The van der Waals surface area contributed by atoms with E-state index in [4.69, 9.17) is 5.14 Å². The number of primary sulfonamides is 1. The van der Waals surface area contributed by atoms with Gasteiger partial charge in [0, 0.05) is 30.2 Å². The molecule has 1 fully saturated rings. The average Bonchev–Trinajstić information content (AvgIpc) is 3.30. The van der Waals surface area contributed by atoms with Crippen LogP contribution in [-0.2, 0) is 21.4 Å². The third kappa shape index (κ3) is 3.33. The van der Waals surface area contributed by atoms with E-state index in [0.29, 0.717) is 11.6 Å². The minimum atomic E-state index is -3.84. The molecule has 5 rings (SSSR count). The molecule has 2 atom stereocenters. The zero-order chi connectivity index (χ0) is 24.4. The van der Waals surface area contributed by atoms with E-state index in [1.165, 1.54) is 29.2 Å². The SMILES string of the molecule is CC1=CN2C(=NC3C2C(=O)N(Cc2ccccc2F)C(=O)N3C)N1c1ccc(S(N)(=O)=O)cc1.